The minimum absolute atomic E-state index is 0.0375. The average molecular weight is 497 g/mol. The van der Waals surface area contributed by atoms with E-state index in [4.69, 9.17) is 4.74 Å². The minimum atomic E-state index is -2.91. The molecular formula is C27H26F2N2O5. The Morgan fingerprint density at radius 2 is 1.81 bits per heavy atom. The number of ether oxygens (including phenoxy) is 2. The monoisotopic (exact) mass is 496 g/mol. The summed E-state index contributed by atoms with van der Waals surface area (Å²) in [6.07, 6.45) is 1.38. The summed E-state index contributed by atoms with van der Waals surface area (Å²) in [6.45, 7) is 1.37. The number of carbonyl (C=O) groups excluding carboxylic acids is 3. The number of amides is 1. The molecule has 2 heterocycles. The highest BCUT2D eigenvalue weighted by atomic mass is 19.3. The van der Waals surface area contributed by atoms with E-state index in [0.717, 1.165) is 17.7 Å². The maximum atomic E-state index is 12.9. The van der Waals surface area contributed by atoms with Gasteiger partial charge in [0.1, 0.15) is 5.75 Å². The topological polar surface area (TPSA) is 77.8 Å². The SMILES string of the molecule is Cc1cc(C(=O)COC(=O)c2cccc(CN3CCCC3=O)c2)c(C)n1-c1ccc(OC(F)F)cc1. The molecular weight excluding hydrogens is 470 g/mol. The summed E-state index contributed by atoms with van der Waals surface area (Å²) in [7, 11) is 0. The number of Topliss-reactive ketones (excluding diaryl/α,β-unsaturated/α-hetero) is 1. The van der Waals surface area contributed by atoms with Gasteiger partial charge in [-0.3, -0.25) is 9.59 Å². The highest BCUT2D eigenvalue weighted by molar-refractivity contribution is 6.00. The summed E-state index contributed by atoms with van der Waals surface area (Å²) in [6, 6.07) is 14.6. The highest BCUT2D eigenvalue weighted by Gasteiger charge is 2.21. The molecule has 0 radical (unpaired) electrons. The maximum Gasteiger partial charge on any atom is 0.387 e. The number of aryl methyl sites for hydroxylation is 1. The summed E-state index contributed by atoms with van der Waals surface area (Å²) in [5.41, 5.74) is 3.59. The Labute approximate surface area is 207 Å². The van der Waals surface area contributed by atoms with Gasteiger partial charge >= 0.3 is 12.6 Å². The van der Waals surface area contributed by atoms with Crippen molar-refractivity contribution in [2.75, 3.05) is 13.2 Å². The number of esters is 1. The molecule has 9 heteroatoms. The lowest BCUT2D eigenvalue weighted by Gasteiger charge is -2.15. The first-order valence-electron chi connectivity index (χ1n) is 11.5. The van der Waals surface area contributed by atoms with Crippen molar-refractivity contribution in [2.45, 2.75) is 39.8 Å². The number of likely N-dealkylation sites (tertiary alicyclic amines) is 1. The van der Waals surface area contributed by atoms with Crippen molar-refractivity contribution in [2.24, 2.45) is 0 Å². The van der Waals surface area contributed by atoms with Crippen LogP contribution in [0.3, 0.4) is 0 Å². The summed E-state index contributed by atoms with van der Waals surface area (Å²) in [5, 5.41) is 0. The molecule has 0 aliphatic carbocycles. The van der Waals surface area contributed by atoms with Gasteiger partial charge in [0.2, 0.25) is 11.7 Å². The number of alkyl halides is 2. The van der Waals surface area contributed by atoms with E-state index in [1.54, 1.807) is 48.2 Å². The molecule has 0 N–H and O–H groups in total. The van der Waals surface area contributed by atoms with Crippen molar-refractivity contribution in [3.8, 4) is 11.4 Å². The smallest absolute Gasteiger partial charge is 0.387 e. The summed E-state index contributed by atoms with van der Waals surface area (Å²) < 4.78 is 36.3. The second-order valence-corrected chi connectivity index (χ2v) is 8.61. The summed E-state index contributed by atoms with van der Waals surface area (Å²) >= 11 is 0. The van der Waals surface area contributed by atoms with Crippen molar-refractivity contribution < 1.29 is 32.6 Å². The first-order valence-corrected chi connectivity index (χ1v) is 11.5. The standard InChI is InChI=1S/C27H26F2N2O5/c1-17-13-23(18(2)31(17)21-8-10-22(11-9-21)36-27(28)29)24(32)16-35-26(34)20-6-3-5-19(14-20)15-30-12-4-7-25(30)33/h3,5-6,8-11,13-14,27H,4,7,12,15-16H2,1-2H3. The molecule has 7 nitrogen and oxygen atoms in total. The van der Waals surface area contributed by atoms with Gasteiger partial charge in [-0.25, -0.2) is 4.79 Å². The lowest BCUT2D eigenvalue weighted by molar-refractivity contribution is -0.128. The number of halogens is 2. The molecule has 3 aromatic rings. The van der Waals surface area contributed by atoms with Crippen LogP contribution in [0.15, 0.2) is 54.6 Å². The Bertz CT molecular complexity index is 1280. The van der Waals surface area contributed by atoms with E-state index in [0.29, 0.717) is 42.0 Å². The predicted octanol–water partition coefficient (Wildman–Crippen LogP) is 4.86. The van der Waals surface area contributed by atoms with Gasteiger partial charge in [0.15, 0.2) is 6.61 Å². The molecule has 0 unspecified atom stereocenters. The highest BCUT2D eigenvalue weighted by Crippen LogP contribution is 2.24. The molecule has 188 valence electrons. The molecule has 0 bridgehead atoms. The van der Waals surface area contributed by atoms with Gasteiger partial charge in [-0.05, 0) is 68.3 Å². The van der Waals surface area contributed by atoms with Crippen LogP contribution in [-0.2, 0) is 16.1 Å². The summed E-state index contributed by atoms with van der Waals surface area (Å²) in [4.78, 5) is 39.1. The molecule has 0 atom stereocenters. The fourth-order valence-corrected chi connectivity index (χ4v) is 4.40. The van der Waals surface area contributed by atoms with E-state index < -0.39 is 19.2 Å². The van der Waals surface area contributed by atoms with E-state index in [9.17, 15) is 23.2 Å². The lowest BCUT2D eigenvalue weighted by atomic mass is 10.1. The third-order valence-electron chi connectivity index (χ3n) is 6.09. The minimum Gasteiger partial charge on any atom is -0.454 e. The molecule has 4 rings (SSSR count). The predicted molar refractivity (Wildman–Crippen MR) is 128 cm³/mol. The maximum absolute atomic E-state index is 12.9. The number of nitrogens with zero attached hydrogens (tertiary/aromatic N) is 2. The number of hydrogen-bond donors (Lipinski definition) is 0. The zero-order valence-corrected chi connectivity index (χ0v) is 20.0. The Hall–Kier alpha value is -4.01. The van der Waals surface area contributed by atoms with Crippen LogP contribution in [0.25, 0.3) is 5.69 Å². The fraction of sp³-hybridized carbons (Fsp3) is 0.296. The Morgan fingerprint density at radius 3 is 2.47 bits per heavy atom. The van der Waals surface area contributed by atoms with Crippen LogP contribution >= 0.6 is 0 Å². The van der Waals surface area contributed by atoms with Gasteiger partial charge in [-0.1, -0.05) is 12.1 Å². The molecule has 1 aromatic heterocycles. The van der Waals surface area contributed by atoms with Gasteiger partial charge in [0.25, 0.3) is 0 Å². The lowest BCUT2D eigenvalue weighted by Crippen LogP contribution is -2.24. The van der Waals surface area contributed by atoms with Crippen LogP contribution in [0.5, 0.6) is 5.75 Å². The van der Waals surface area contributed by atoms with Crippen molar-refractivity contribution in [3.63, 3.8) is 0 Å². The van der Waals surface area contributed by atoms with Crippen LogP contribution in [0.1, 0.15) is 50.5 Å². The van der Waals surface area contributed by atoms with Gasteiger partial charge < -0.3 is 18.9 Å². The average Bonchev–Trinajstić information content (AvgIpc) is 3.39. The number of aromatic nitrogens is 1. The van der Waals surface area contributed by atoms with E-state index in [-0.39, 0.29) is 17.4 Å². The molecule has 0 saturated carbocycles. The largest absolute Gasteiger partial charge is 0.454 e. The van der Waals surface area contributed by atoms with Crippen LogP contribution in [-0.4, -0.2) is 46.9 Å². The van der Waals surface area contributed by atoms with Gasteiger partial charge in [0.05, 0.1) is 5.56 Å². The molecule has 2 aromatic carbocycles. The van der Waals surface area contributed by atoms with Crippen LogP contribution in [0.4, 0.5) is 8.78 Å². The third-order valence-corrected chi connectivity index (χ3v) is 6.09. The quantitative estimate of drug-likeness (QED) is 0.312. The number of benzene rings is 2. The van der Waals surface area contributed by atoms with E-state index in [1.807, 2.05) is 17.6 Å². The third kappa shape index (κ3) is 5.62. The normalized spacial score (nSPS) is 13.4. The van der Waals surface area contributed by atoms with Crippen molar-refractivity contribution in [1.29, 1.82) is 0 Å². The van der Waals surface area contributed by atoms with Crippen LogP contribution in [0, 0.1) is 13.8 Å². The zero-order chi connectivity index (χ0) is 25.8. The molecule has 1 amide bonds. The molecule has 36 heavy (non-hydrogen) atoms. The van der Waals surface area contributed by atoms with Gasteiger partial charge in [-0.15, -0.1) is 0 Å². The second kappa shape index (κ2) is 10.7. The fourth-order valence-electron chi connectivity index (χ4n) is 4.40. The molecule has 1 aliphatic heterocycles. The number of hydrogen-bond acceptors (Lipinski definition) is 5. The molecule has 0 spiro atoms. The van der Waals surface area contributed by atoms with E-state index in [2.05, 4.69) is 4.74 Å². The van der Waals surface area contributed by atoms with Crippen LogP contribution in [0.2, 0.25) is 0 Å². The first kappa shape index (κ1) is 25.1. The van der Waals surface area contributed by atoms with Gasteiger partial charge in [0, 0.05) is 42.1 Å². The van der Waals surface area contributed by atoms with Crippen molar-refractivity contribution >= 4 is 17.7 Å². The van der Waals surface area contributed by atoms with E-state index >= 15 is 0 Å². The van der Waals surface area contributed by atoms with E-state index in [1.165, 1.54) is 12.1 Å². The Balaban J connectivity index is 1.41. The Morgan fingerprint density at radius 1 is 1.06 bits per heavy atom. The number of ketones is 1. The second-order valence-electron chi connectivity index (χ2n) is 8.61. The summed E-state index contributed by atoms with van der Waals surface area (Å²) in [5.74, 6) is -0.848. The molecule has 1 aliphatic rings. The van der Waals surface area contributed by atoms with Gasteiger partial charge in [-0.2, -0.15) is 8.78 Å². The van der Waals surface area contributed by atoms with Crippen molar-refractivity contribution in [1.82, 2.24) is 9.47 Å². The zero-order valence-electron chi connectivity index (χ0n) is 20.0. The molecule has 1 saturated heterocycles. The molecule has 1 fully saturated rings. The number of rotatable bonds is 9. The van der Waals surface area contributed by atoms with Crippen molar-refractivity contribution in [3.05, 3.63) is 82.7 Å². The first-order chi connectivity index (χ1) is 17.2. The Kier molecular flexibility index (Phi) is 7.47. The van der Waals surface area contributed by atoms with Crippen LogP contribution < -0.4 is 4.74 Å². The number of carbonyl (C=O) groups is 3.